The molecule has 1 aromatic carbocycles. The van der Waals surface area contributed by atoms with Crippen LogP contribution in [0.15, 0.2) is 41.0 Å². The van der Waals surface area contributed by atoms with Crippen LogP contribution in [0.5, 0.6) is 0 Å². The van der Waals surface area contributed by atoms with E-state index in [1.54, 1.807) is 24.5 Å². The van der Waals surface area contributed by atoms with Gasteiger partial charge in [0, 0.05) is 19.1 Å². The lowest BCUT2D eigenvalue weighted by Gasteiger charge is -2.36. The van der Waals surface area contributed by atoms with E-state index in [0.29, 0.717) is 31.9 Å². The molecule has 0 bridgehead atoms. The first-order chi connectivity index (χ1) is 11.1. The van der Waals surface area contributed by atoms with Gasteiger partial charge < -0.3 is 14.3 Å². The average Bonchev–Trinajstić information content (AvgIpc) is 3.07. The number of hydrogen-bond acceptors (Lipinski definition) is 4. The number of hydrogen-bond donors (Lipinski definition) is 1. The maximum atomic E-state index is 13.6. The van der Waals surface area contributed by atoms with Crippen LogP contribution in [0.3, 0.4) is 0 Å². The van der Waals surface area contributed by atoms with Crippen LogP contribution in [0.4, 0.5) is 4.39 Å². The van der Waals surface area contributed by atoms with Crippen molar-refractivity contribution < 1.29 is 18.7 Å². The molecule has 1 saturated heterocycles. The second-order valence-corrected chi connectivity index (χ2v) is 6.12. The molecule has 6 heteroatoms. The van der Waals surface area contributed by atoms with Gasteiger partial charge in [-0.2, -0.15) is 0 Å². The van der Waals surface area contributed by atoms with Crippen LogP contribution in [0.25, 0.3) is 0 Å². The van der Waals surface area contributed by atoms with Gasteiger partial charge in [0.25, 0.3) is 0 Å². The molecular weight excluding hydrogens is 321 g/mol. The number of nitrogens with zero attached hydrogens (tertiary/aromatic N) is 1. The highest BCUT2D eigenvalue weighted by Crippen LogP contribution is 2.25. The Morgan fingerprint density at radius 3 is 3.00 bits per heavy atom. The van der Waals surface area contributed by atoms with Crippen LogP contribution in [-0.4, -0.2) is 35.8 Å². The van der Waals surface area contributed by atoms with Crippen molar-refractivity contribution in [2.24, 2.45) is 0 Å². The van der Waals surface area contributed by atoms with E-state index >= 15 is 0 Å². The molecule has 0 amide bonds. The minimum atomic E-state index is -0.679. The van der Waals surface area contributed by atoms with Gasteiger partial charge in [0.1, 0.15) is 17.7 Å². The van der Waals surface area contributed by atoms with E-state index in [4.69, 9.17) is 20.8 Å². The highest BCUT2D eigenvalue weighted by Gasteiger charge is 2.27. The van der Waals surface area contributed by atoms with Crippen LogP contribution >= 0.6 is 11.6 Å². The molecule has 124 valence electrons. The molecule has 3 rings (SSSR count). The number of ether oxygens (including phenoxy) is 1. The Kier molecular flexibility index (Phi) is 5.33. The molecule has 0 saturated carbocycles. The van der Waals surface area contributed by atoms with Gasteiger partial charge in [0.15, 0.2) is 0 Å². The van der Waals surface area contributed by atoms with Gasteiger partial charge in [-0.15, -0.1) is 0 Å². The van der Waals surface area contributed by atoms with E-state index in [-0.39, 0.29) is 11.1 Å². The second-order valence-electron chi connectivity index (χ2n) is 5.71. The van der Waals surface area contributed by atoms with Gasteiger partial charge in [-0.05, 0) is 36.2 Å². The Labute approximate surface area is 139 Å². The monoisotopic (exact) mass is 339 g/mol. The third-order valence-electron chi connectivity index (χ3n) is 4.09. The summed E-state index contributed by atoms with van der Waals surface area (Å²) >= 11 is 5.73. The number of rotatable bonds is 5. The van der Waals surface area contributed by atoms with Crippen LogP contribution in [0.1, 0.15) is 23.8 Å². The summed E-state index contributed by atoms with van der Waals surface area (Å²) in [5, 5.41) is 10.4. The predicted octanol–water partition coefficient (Wildman–Crippen LogP) is 3.40. The summed E-state index contributed by atoms with van der Waals surface area (Å²) in [5.74, 6) is 0.137. The van der Waals surface area contributed by atoms with Gasteiger partial charge in [-0.25, -0.2) is 4.39 Å². The van der Waals surface area contributed by atoms with Crippen molar-refractivity contribution in [3.05, 3.63) is 58.8 Å². The molecule has 1 aromatic heterocycles. The zero-order valence-corrected chi connectivity index (χ0v) is 13.4. The molecular formula is C17H19ClFNO3. The lowest BCUT2D eigenvalue weighted by atomic mass is 10.0. The summed E-state index contributed by atoms with van der Waals surface area (Å²) in [5.41, 5.74) is 0.853. The standard InChI is InChI=1S/C17H19ClFNO3/c18-14-4-3-12(8-15(14)19)10-20-5-7-22-11-13(20)9-16(21)17-2-1-6-23-17/h1-4,6,8,13,16,21H,5,7,9-11H2. The molecule has 4 nitrogen and oxygen atoms in total. The first-order valence-corrected chi connectivity index (χ1v) is 7.98. The molecule has 2 unspecified atom stereocenters. The SMILES string of the molecule is OC(CC1COCCN1Cc1ccc(Cl)c(F)c1)c1ccco1. The lowest BCUT2D eigenvalue weighted by molar-refractivity contribution is -0.0323. The summed E-state index contributed by atoms with van der Waals surface area (Å²) in [6, 6.07) is 8.40. The minimum Gasteiger partial charge on any atom is -0.467 e. The number of aliphatic hydroxyl groups excluding tert-OH is 1. The number of aliphatic hydroxyl groups is 1. The fraction of sp³-hybridized carbons (Fsp3) is 0.412. The molecule has 1 fully saturated rings. The highest BCUT2D eigenvalue weighted by molar-refractivity contribution is 6.30. The summed E-state index contributed by atoms with van der Waals surface area (Å²) in [7, 11) is 0. The number of furan rings is 1. The van der Waals surface area contributed by atoms with Crippen molar-refractivity contribution in [1.29, 1.82) is 0 Å². The predicted molar refractivity (Wildman–Crippen MR) is 84.7 cm³/mol. The van der Waals surface area contributed by atoms with E-state index in [9.17, 15) is 9.50 Å². The summed E-state index contributed by atoms with van der Waals surface area (Å²) in [6.45, 7) is 2.49. The van der Waals surface area contributed by atoms with Crippen molar-refractivity contribution >= 4 is 11.6 Å². The van der Waals surface area contributed by atoms with E-state index in [1.807, 2.05) is 6.07 Å². The Hall–Kier alpha value is -1.40. The molecule has 0 aliphatic carbocycles. The summed E-state index contributed by atoms with van der Waals surface area (Å²) in [6.07, 6.45) is 1.37. The molecule has 1 aliphatic heterocycles. The molecule has 1 N–H and O–H groups in total. The zero-order valence-electron chi connectivity index (χ0n) is 12.6. The fourth-order valence-corrected chi connectivity index (χ4v) is 2.96. The highest BCUT2D eigenvalue weighted by atomic mass is 35.5. The Morgan fingerprint density at radius 2 is 2.26 bits per heavy atom. The minimum absolute atomic E-state index is 0.0441. The molecule has 2 atom stereocenters. The number of halogens is 2. The quantitative estimate of drug-likeness (QED) is 0.907. The van der Waals surface area contributed by atoms with E-state index in [0.717, 1.165) is 12.1 Å². The van der Waals surface area contributed by atoms with Crippen LogP contribution in [0, 0.1) is 5.82 Å². The van der Waals surface area contributed by atoms with Crippen molar-refractivity contribution in [2.45, 2.75) is 25.1 Å². The first-order valence-electron chi connectivity index (χ1n) is 7.60. The fourth-order valence-electron chi connectivity index (χ4n) is 2.84. The average molecular weight is 340 g/mol. The lowest BCUT2D eigenvalue weighted by Crippen LogP contribution is -2.45. The summed E-state index contributed by atoms with van der Waals surface area (Å²) < 4.78 is 24.4. The van der Waals surface area contributed by atoms with Gasteiger partial charge in [-0.3, -0.25) is 4.90 Å². The van der Waals surface area contributed by atoms with E-state index in [2.05, 4.69) is 4.90 Å². The first kappa shape index (κ1) is 16.5. The molecule has 0 spiro atoms. The third kappa shape index (κ3) is 4.12. The maximum absolute atomic E-state index is 13.6. The number of morpholine rings is 1. The topological polar surface area (TPSA) is 45.8 Å². The second kappa shape index (κ2) is 7.45. The molecule has 23 heavy (non-hydrogen) atoms. The molecule has 2 heterocycles. The van der Waals surface area contributed by atoms with Crippen LogP contribution in [0.2, 0.25) is 5.02 Å². The Bertz CT molecular complexity index is 635. The van der Waals surface area contributed by atoms with E-state index < -0.39 is 11.9 Å². The van der Waals surface area contributed by atoms with Gasteiger partial charge in [0.05, 0.1) is 24.5 Å². The Balaban J connectivity index is 1.67. The zero-order chi connectivity index (χ0) is 16.2. The van der Waals surface area contributed by atoms with Crippen molar-refractivity contribution in [2.75, 3.05) is 19.8 Å². The van der Waals surface area contributed by atoms with Crippen LogP contribution in [-0.2, 0) is 11.3 Å². The largest absolute Gasteiger partial charge is 0.467 e. The molecule has 0 radical (unpaired) electrons. The van der Waals surface area contributed by atoms with Crippen LogP contribution < -0.4 is 0 Å². The third-order valence-corrected chi connectivity index (χ3v) is 4.39. The maximum Gasteiger partial charge on any atom is 0.142 e. The van der Waals surface area contributed by atoms with Crippen molar-refractivity contribution in [3.63, 3.8) is 0 Å². The number of benzene rings is 1. The van der Waals surface area contributed by atoms with E-state index in [1.165, 1.54) is 6.07 Å². The van der Waals surface area contributed by atoms with Crippen molar-refractivity contribution in [1.82, 2.24) is 4.90 Å². The summed E-state index contributed by atoms with van der Waals surface area (Å²) in [4.78, 5) is 2.19. The van der Waals surface area contributed by atoms with Gasteiger partial charge >= 0.3 is 0 Å². The normalized spacial score (nSPS) is 20.6. The van der Waals surface area contributed by atoms with Crippen molar-refractivity contribution in [3.8, 4) is 0 Å². The Morgan fingerprint density at radius 1 is 1.39 bits per heavy atom. The molecule has 1 aliphatic rings. The molecule has 2 aromatic rings. The van der Waals surface area contributed by atoms with Gasteiger partial charge in [0.2, 0.25) is 0 Å². The smallest absolute Gasteiger partial charge is 0.142 e. The van der Waals surface area contributed by atoms with Gasteiger partial charge in [-0.1, -0.05) is 17.7 Å².